The summed E-state index contributed by atoms with van der Waals surface area (Å²) in [5.74, 6) is 1.69. The van der Waals surface area contributed by atoms with E-state index in [1.54, 1.807) is 0 Å². The average Bonchev–Trinajstić information content (AvgIpc) is 3.10. The Kier molecular flexibility index (Phi) is 5.19. The van der Waals surface area contributed by atoms with E-state index >= 15 is 0 Å². The summed E-state index contributed by atoms with van der Waals surface area (Å²) in [7, 11) is 0. The van der Waals surface area contributed by atoms with Crippen molar-refractivity contribution >= 4 is 27.4 Å². The number of rotatable bonds is 3. The predicted octanol–water partition coefficient (Wildman–Crippen LogP) is 5.75. The van der Waals surface area contributed by atoms with Crippen LogP contribution in [0, 0.1) is 0 Å². The summed E-state index contributed by atoms with van der Waals surface area (Å²) < 4.78 is 7.31. The highest BCUT2D eigenvalue weighted by Gasteiger charge is 2.35. The van der Waals surface area contributed by atoms with Gasteiger partial charge < -0.3 is 15.0 Å². The van der Waals surface area contributed by atoms with Crippen molar-refractivity contribution in [1.82, 2.24) is 10.2 Å². The van der Waals surface area contributed by atoms with E-state index in [4.69, 9.17) is 4.74 Å². The molecule has 3 aliphatic heterocycles. The average molecular weight is 467 g/mol. The highest BCUT2D eigenvalue weighted by molar-refractivity contribution is 9.10. The predicted molar refractivity (Wildman–Crippen MR) is 123 cm³/mol. The van der Waals surface area contributed by atoms with E-state index in [9.17, 15) is 4.79 Å². The van der Waals surface area contributed by atoms with Gasteiger partial charge in [0.25, 0.3) is 5.91 Å². The maximum atomic E-state index is 12.9. The lowest BCUT2D eigenvalue weighted by Gasteiger charge is -2.31. The van der Waals surface area contributed by atoms with Crippen molar-refractivity contribution in [2.75, 3.05) is 13.1 Å². The van der Waals surface area contributed by atoms with E-state index in [-0.39, 0.29) is 5.91 Å². The van der Waals surface area contributed by atoms with Crippen molar-refractivity contribution in [3.8, 4) is 11.5 Å². The summed E-state index contributed by atoms with van der Waals surface area (Å²) in [5, 5.41) is 3.74. The molecule has 2 bridgehead atoms. The number of ether oxygens (including phenoxy) is 1. The Balaban J connectivity index is 1.65. The molecule has 2 fully saturated rings. The van der Waals surface area contributed by atoms with Gasteiger partial charge in [0.2, 0.25) is 0 Å². The van der Waals surface area contributed by atoms with Crippen LogP contribution in [-0.2, 0) is 0 Å². The second-order valence-corrected chi connectivity index (χ2v) is 9.29. The fraction of sp³-hybridized carbons (Fsp3) is 0.400. The molecule has 3 heterocycles. The third-order valence-electron chi connectivity index (χ3n) is 6.67. The number of fused-ring (bicyclic) bond motifs is 4. The SMILES string of the molecule is CCN(CC)C(=O)c1ccc2c(c1)Oc1c(Br)cccc1C2=C1CC2CCC(C1)N2. The molecule has 2 aromatic carbocycles. The largest absolute Gasteiger partial charge is 0.455 e. The van der Waals surface area contributed by atoms with Gasteiger partial charge in [-0.2, -0.15) is 0 Å². The molecule has 30 heavy (non-hydrogen) atoms. The minimum absolute atomic E-state index is 0.0541. The molecule has 5 heteroatoms. The van der Waals surface area contributed by atoms with Crippen LogP contribution in [0.3, 0.4) is 0 Å². The summed E-state index contributed by atoms with van der Waals surface area (Å²) in [4.78, 5) is 14.8. The summed E-state index contributed by atoms with van der Waals surface area (Å²) in [6.07, 6.45) is 4.68. The van der Waals surface area contributed by atoms with Gasteiger partial charge >= 0.3 is 0 Å². The zero-order chi connectivity index (χ0) is 20.8. The van der Waals surface area contributed by atoms with E-state index in [0.29, 0.717) is 30.7 Å². The fourth-order valence-electron chi connectivity index (χ4n) is 5.19. The normalized spacial score (nSPS) is 21.7. The highest BCUT2D eigenvalue weighted by atomic mass is 79.9. The number of nitrogens with one attached hydrogen (secondary N) is 1. The number of para-hydroxylation sites is 1. The van der Waals surface area contributed by atoms with Crippen LogP contribution in [0.1, 0.15) is 61.0 Å². The van der Waals surface area contributed by atoms with Crippen LogP contribution in [0.25, 0.3) is 5.57 Å². The molecular formula is C25H27BrN2O2. The van der Waals surface area contributed by atoms with E-state index in [2.05, 4.69) is 39.4 Å². The molecule has 2 saturated heterocycles. The lowest BCUT2D eigenvalue weighted by atomic mass is 9.84. The van der Waals surface area contributed by atoms with Crippen molar-refractivity contribution in [3.05, 3.63) is 63.1 Å². The van der Waals surface area contributed by atoms with Gasteiger partial charge in [-0.3, -0.25) is 4.79 Å². The van der Waals surface area contributed by atoms with Gasteiger partial charge in [0.1, 0.15) is 11.5 Å². The lowest BCUT2D eigenvalue weighted by Crippen LogP contribution is -2.35. The summed E-state index contributed by atoms with van der Waals surface area (Å²) in [5.41, 5.74) is 5.74. The molecule has 2 aromatic rings. The van der Waals surface area contributed by atoms with Crippen LogP contribution >= 0.6 is 15.9 Å². The minimum Gasteiger partial charge on any atom is -0.455 e. The number of benzene rings is 2. The van der Waals surface area contributed by atoms with Crippen molar-refractivity contribution < 1.29 is 9.53 Å². The van der Waals surface area contributed by atoms with Crippen LogP contribution in [0.2, 0.25) is 0 Å². The van der Waals surface area contributed by atoms with Crippen LogP contribution in [0.4, 0.5) is 0 Å². The zero-order valence-electron chi connectivity index (χ0n) is 17.5. The molecule has 0 radical (unpaired) electrons. The van der Waals surface area contributed by atoms with Gasteiger partial charge in [-0.1, -0.05) is 17.7 Å². The standard InChI is InChI=1S/C25H27BrN2O2/c1-3-28(4-2)25(29)15-8-11-19-22(14-15)30-24-20(6-5-7-21(24)26)23(19)16-12-17-9-10-18(13-16)27-17/h5-8,11,14,17-18,27H,3-4,9-10,12-13H2,1-2H3. The van der Waals surface area contributed by atoms with Crippen molar-refractivity contribution in [2.45, 2.75) is 51.6 Å². The molecule has 2 unspecified atom stereocenters. The monoisotopic (exact) mass is 466 g/mol. The summed E-state index contributed by atoms with van der Waals surface area (Å²) in [6, 6.07) is 13.4. The van der Waals surface area contributed by atoms with E-state index < -0.39 is 0 Å². The first-order valence-corrected chi connectivity index (χ1v) is 11.8. The van der Waals surface area contributed by atoms with E-state index in [0.717, 1.165) is 39.9 Å². The van der Waals surface area contributed by atoms with Crippen LogP contribution < -0.4 is 10.1 Å². The number of hydrogen-bond acceptors (Lipinski definition) is 3. The summed E-state index contributed by atoms with van der Waals surface area (Å²) >= 11 is 3.68. The Hall–Kier alpha value is -2.11. The molecule has 156 valence electrons. The third-order valence-corrected chi connectivity index (χ3v) is 7.30. The first kappa shape index (κ1) is 19.8. The third kappa shape index (κ3) is 3.28. The van der Waals surface area contributed by atoms with Crippen LogP contribution in [0.5, 0.6) is 11.5 Å². The summed E-state index contributed by atoms with van der Waals surface area (Å²) in [6.45, 7) is 5.43. The zero-order valence-corrected chi connectivity index (χ0v) is 19.1. The number of halogens is 1. The molecule has 0 aliphatic carbocycles. The smallest absolute Gasteiger partial charge is 0.253 e. The molecule has 2 atom stereocenters. The number of nitrogens with zero attached hydrogens (tertiary/aromatic N) is 1. The Morgan fingerprint density at radius 1 is 1.10 bits per heavy atom. The van der Waals surface area contributed by atoms with Crippen molar-refractivity contribution in [1.29, 1.82) is 0 Å². The number of carbonyl (C=O) groups is 1. The van der Waals surface area contributed by atoms with Gasteiger partial charge in [0.05, 0.1) is 4.47 Å². The Morgan fingerprint density at radius 3 is 2.53 bits per heavy atom. The molecule has 0 saturated carbocycles. The van der Waals surface area contributed by atoms with Gasteiger partial charge in [-0.25, -0.2) is 0 Å². The van der Waals surface area contributed by atoms with Crippen molar-refractivity contribution in [3.63, 3.8) is 0 Å². The molecule has 0 spiro atoms. The molecule has 4 nitrogen and oxygen atoms in total. The fourth-order valence-corrected chi connectivity index (χ4v) is 5.64. The van der Waals surface area contributed by atoms with Gasteiger partial charge in [-0.15, -0.1) is 0 Å². The Bertz CT molecular complexity index is 1030. The molecule has 1 N–H and O–H groups in total. The van der Waals surface area contributed by atoms with Gasteiger partial charge in [0.15, 0.2) is 0 Å². The van der Waals surface area contributed by atoms with E-state index in [1.165, 1.54) is 24.0 Å². The Labute approximate surface area is 186 Å². The number of piperidine rings is 1. The van der Waals surface area contributed by atoms with Crippen molar-refractivity contribution in [2.24, 2.45) is 0 Å². The molecule has 1 amide bonds. The highest BCUT2D eigenvalue weighted by Crippen LogP contribution is 2.50. The quantitative estimate of drug-likeness (QED) is 0.533. The van der Waals surface area contributed by atoms with Gasteiger partial charge in [-0.05, 0) is 85.3 Å². The lowest BCUT2D eigenvalue weighted by molar-refractivity contribution is 0.0772. The van der Waals surface area contributed by atoms with Gasteiger partial charge in [0, 0.05) is 41.9 Å². The molecular weight excluding hydrogens is 440 g/mol. The second kappa shape index (κ2) is 7.86. The van der Waals surface area contributed by atoms with Crippen LogP contribution in [-0.4, -0.2) is 36.0 Å². The maximum Gasteiger partial charge on any atom is 0.253 e. The van der Waals surface area contributed by atoms with E-state index in [1.807, 2.05) is 36.9 Å². The first-order chi connectivity index (χ1) is 14.6. The molecule has 0 aromatic heterocycles. The Morgan fingerprint density at radius 2 is 1.83 bits per heavy atom. The first-order valence-electron chi connectivity index (χ1n) is 11.0. The number of hydrogen-bond donors (Lipinski definition) is 1. The minimum atomic E-state index is 0.0541. The number of amides is 1. The van der Waals surface area contributed by atoms with Crippen LogP contribution in [0.15, 0.2) is 46.4 Å². The second-order valence-electron chi connectivity index (χ2n) is 8.43. The topological polar surface area (TPSA) is 41.6 Å². The number of carbonyl (C=O) groups excluding carboxylic acids is 1. The molecule has 5 rings (SSSR count). The maximum absolute atomic E-state index is 12.9. The molecule has 3 aliphatic rings.